The zero-order valence-electron chi connectivity index (χ0n) is 19.4. The average molecular weight is 503 g/mol. The SMILES string of the molecule is N#C/C(=C/c1c(OC(=O)c2cccc3ccccc23)ccc2ccccc12)C(=O)Nc1ccc(Cl)cc1. The first-order valence-electron chi connectivity index (χ1n) is 11.4. The minimum atomic E-state index is -0.593. The molecule has 5 aromatic rings. The molecule has 0 aliphatic rings. The number of carbonyl (C=O) groups excluding carboxylic acids is 2. The van der Waals surface area contributed by atoms with Crippen molar-refractivity contribution in [2.45, 2.75) is 0 Å². The third-order valence-corrected chi connectivity index (χ3v) is 6.15. The van der Waals surface area contributed by atoms with Crippen LogP contribution in [-0.2, 0) is 4.79 Å². The number of halogens is 1. The van der Waals surface area contributed by atoms with E-state index in [1.54, 1.807) is 42.5 Å². The Hall–Kier alpha value is -4.92. The zero-order valence-corrected chi connectivity index (χ0v) is 20.2. The number of amides is 1. The maximum absolute atomic E-state index is 13.3. The van der Waals surface area contributed by atoms with Gasteiger partial charge in [0.25, 0.3) is 5.91 Å². The highest BCUT2D eigenvalue weighted by atomic mass is 35.5. The Kier molecular flexibility index (Phi) is 6.67. The van der Waals surface area contributed by atoms with Crippen molar-refractivity contribution < 1.29 is 14.3 Å². The van der Waals surface area contributed by atoms with E-state index in [0.717, 1.165) is 21.5 Å². The second-order valence-corrected chi connectivity index (χ2v) is 8.68. The van der Waals surface area contributed by atoms with Gasteiger partial charge in [0.1, 0.15) is 17.4 Å². The number of rotatable bonds is 5. The number of esters is 1. The molecule has 37 heavy (non-hydrogen) atoms. The van der Waals surface area contributed by atoms with Gasteiger partial charge in [0.2, 0.25) is 0 Å². The summed E-state index contributed by atoms with van der Waals surface area (Å²) in [7, 11) is 0. The molecule has 0 atom stereocenters. The summed E-state index contributed by atoms with van der Waals surface area (Å²) in [4.78, 5) is 26.2. The molecule has 0 unspecified atom stereocenters. The van der Waals surface area contributed by atoms with Crippen molar-refractivity contribution in [2.24, 2.45) is 0 Å². The van der Waals surface area contributed by atoms with Crippen LogP contribution in [0.1, 0.15) is 15.9 Å². The number of fused-ring (bicyclic) bond motifs is 2. The molecule has 5 nitrogen and oxygen atoms in total. The largest absolute Gasteiger partial charge is 0.422 e. The van der Waals surface area contributed by atoms with E-state index in [-0.39, 0.29) is 11.3 Å². The van der Waals surface area contributed by atoms with E-state index in [0.29, 0.717) is 21.8 Å². The molecule has 5 rings (SSSR count). The molecule has 0 radical (unpaired) electrons. The van der Waals surface area contributed by atoms with E-state index in [1.807, 2.05) is 66.7 Å². The second kappa shape index (κ2) is 10.4. The maximum atomic E-state index is 13.3. The molecule has 0 saturated heterocycles. The summed E-state index contributed by atoms with van der Waals surface area (Å²) in [5, 5.41) is 16.3. The van der Waals surface area contributed by atoms with Crippen LogP contribution in [0.3, 0.4) is 0 Å². The van der Waals surface area contributed by atoms with Crippen molar-refractivity contribution in [1.29, 1.82) is 5.26 Å². The molecule has 0 bridgehead atoms. The molecule has 178 valence electrons. The third kappa shape index (κ3) is 5.06. The monoisotopic (exact) mass is 502 g/mol. The van der Waals surface area contributed by atoms with Crippen molar-refractivity contribution in [1.82, 2.24) is 0 Å². The van der Waals surface area contributed by atoms with E-state index in [1.165, 1.54) is 6.08 Å². The normalized spacial score (nSPS) is 11.2. The zero-order chi connectivity index (χ0) is 25.8. The molecule has 0 aliphatic carbocycles. The number of nitrogens with one attached hydrogen (secondary N) is 1. The van der Waals surface area contributed by atoms with Crippen LogP contribution >= 0.6 is 11.6 Å². The predicted molar refractivity (Wildman–Crippen MR) is 147 cm³/mol. The first-order valence-corrected chi connectivity index (χ1v) is 11.8. The third-order valence-electron chi connectivity index (χ3n) is 5.90. The van der Waals surface area contributed by atoms with Gasteiger partial charge in [0.15, 0.2) is 0 Å². The highest BCUT2D eigenvalue weighted by Gasteiger charge is 2.18. The Balaban J connectivity index is 1.55. The topological polar surface area (TPSA) is 79.2 Å². The minimum absolute atomic E-state index is 0.145. The Morgan fingerprint density at radius 2 is 1.43 bits per heavy atom. The molecule has 5 aromatic carbocycles. The number of nitrogens with zero attached hydrogens (tertiary/aromatic N) is 1. The van der Waals surface area contributed by atoms with Crippen molar-refractivity contribution >= 4 is 56.8 Å². The highest BCUT2D eigenvalue weighted by Crippen LogP contribution is 2.32. The van der Waals surface area contributed by atoms with Gasteiger partial charge in [-0.15, -0.1) is 0 Å². The van der Waals surface area contributed by atoms with Crippen LogP contribution in [0.5, 0.6) is 5.75 Å². The Labute approximate surface area is 218 Å². The first kappa shape index (κ1) is 23.8. The Morgan fingerprint density at radius 3 is 2.16 bits per heavy atom. The fraction of sp³-hybridized carbons (Fsp3) is 0. The summed E-state index contributed by atoms with van der Waals surface area (Å²) < 4.78 is 5.87. The molecular formula is C31H19ClN2O3. The second-order valence-electron chi connectivity index (χ2n) is 8.25. The van der Waals surface area contributed by atoms with Crippen LogP contribution in [0, 0.1) is 11.3 Å². The lowest BCUT2D eigenvalue weighted by Crippen LogP contribution is -2.14. The lowest BCUT2D eigenvalue weighted by atomic mass is 10.0. The maximum Gasteiger partial charge on any atom is 0.344 e. The van der Waals surface area contributed by atoms with Crippen LogP contribution in [-0.4, -0.2) is 11.9 Å². The minimum Gasteiger partial charge on any atom is -0.422 e. The summed E-state index contributed by atoms with van der Waals surface area (Å²) in [6.45, 7) is 0. The average Bonchev–Trinajstić information content (AvgIpc) is 2.93. The number of anilines is 1. The fourth-order valence-corrected chi connectivity index (χ4v) is 4.22. The van der Waals surface area contributed by atoms with E-state index in [4.69, 9.17) is 16.3 Å². The molecule has 0 saturated carbocycles. The van der Waals surface area contributed by atoms with Crippen molar-refractivity contribution in [3.63, 3.8) is 0 Å². The van der Waals surface area contributed by atoms with Crippen LogP contribution < -0.4 is 10.1 Å². The number of nitriles is 1. The van der Waals surface area contributed by atoms with Gasteiger partial charge in [-0.3, -0.25) is 4.79 Å². The number of hydrogen-bond donors (Lipinski definition) is 1. The number of hydrogen-bond acceptors (Lipinski definition) is 4. The number of benzene rings is 5. The smallest absolute Gasteiger partial charge is 0.344 e. The number of carbonyl (C=O) groups is 2. The van der Waals surface area contributed by atoms with Crippen LogP contribution in [0.25, 0.3) is 27.6 Å². The van der Waals surface area contributed by atoms with Crippen molar-refractivity contribution in [3.8, 4) is 11.8 Å². The van der Waals surface area contributed by atoms with E-state index in [9.17, 15) is 14.9 Å². The van der Waals surface area contributed by atoms with Crippen molar-refractivity contribution in [3.05, 3.63) is 125 Å². The van der Waals surface area contributed by atoms with E-state index >= 15 is 0 Å². The van der Waals surface area contributed by atoms with Gasteiger partial charge in [-0.05, 0) is 64.0 Å². The number of ether oxygens (including phenoxy) is 1. The summed E-state index contributed by atoms with van der Waals surface area (Å²) in [6.07, 6.45) is 1.44. The Morgan fingerprint density at radius 1 is 0.784 bits per heavy atom. The predicted octanol–water partition coefficient (Wildman–Crippen LogP) is 7.41. The molecule has 1 N–H and O–H groups in total. The molecule has 6 heteroatoms. The quantitative estimate of drug-likeness (QED) is 0.117. The molecule has 0 heterocycles. The van der Waals surface area contributed by atoms with Crippen LogP contribution in [0.15, 0.2) is 109 Å². The van der Waals surface area contributed by atoms with Crippen LogP contribution in [0.4, 0.5) is 5.69 Å². The molecule has 0 aromatic heterocycles. The van der Waals surface area contributed by atoms with Gasteiger partial charge in [0.05, 0.1) is 5.56 Å². The van der Waals surface area contributed by atoms with Gasteiger partial charge >= 0.3 is 5.97 Å². The molecule has 0 fully saturated rings. The standard InChI is InChI=1S/C31H19ClN2O3/c32-23-13-15-24(16-14-23)34-30(35)22(19-33)18-28-26-10-4-2-7-21(26)12-17-29(28)37-31(36)27-11-5-8-20-6-1-3-9-25(20)27/h1-18H,(H,34,35)/b22-18-. The van der Waals surface area contributed by atoms with E-state index < -0.39 is 11.9 Å². The summed E-state index contributed by atoms with van der Waals surface area (Å²) in [5.74, 6) is -0.890. The van der Waals surface area contributed by atoms with Crippen LogP contribution in [0.2, 0.25) is 5.02 Å². The van der Waals surface area contributed by atoms with Gasteiger partial charge in [-0.1, -0.05) is 78.3 Å². The Bertz CT molecular complexity index is 1730. The van der Waals surface area contributed by atoms with Gasteiger partial charge in [0, 0.05) is 16.3 Å². The van der Waals surface area contributed by atoms with Gasteiger partial charge < -0.3 is 10.1 Å². The molecular weight excluding hydrogens is 484 g/mol. The van der Waals surface area contributed by atoms with Gasteiger partial charge in [-0.2, -0.15) is 5.26 Å². The van der Waals surface area contributed by atoms with Gasteiger partial charge in [-0.25, -0.2) is 4.79 Å². The summed E-state index contributed by atoms with van der Waals surface area (Å²) >= 11 is 5.92. The van der Waals surface area contributed by atoms with E-state index in [2.05, 4.69) is 5.32 Å². The lowest BCUT2D eigenvalue weighted by Gasteiger charge is -2.13. The summed E-state index contributed by atoms with van der Waals surface area (Å²) in [5.41, 5.74) is 1.22. The molecule has 1 amide bonds. The molecule has 0 aliphatic heterocycles. The summed E-state index contributed by atoms with van der Waals surface area (Å²) in [6, 6.07) is 32.5. The highest BCUT2D eigenvalue weighted by molar-refractivity contribution is 6.30. The lowest BCUT2D eigenvalue weighted by molar-refractivity contribution is -0.112. The first-order chi connectivity index (χ1) is 18.0. The fourth-order valence-electron chi connectivity index (χ4n) is 4.10. The van der Waals surface area contributed by atoms with Crippen molar-refractivity contribution in [2.75, 3.05) is 5.32 Å². The molecule has 0 spiro atoms.